The highest BCUT2D eigenvalue weighted by molar-refractivity contribution is 5.80. The molecule has 3 rings (SSSR count). The molecule has 0 aliphatic rings. The molecule has 21 heavy (non-hydrogen) atoms. The third kappa shape index (κ3) is 2.31. The summed E-state index contributed by atoms with van der Waals surface area (Å²) in [7, 11) is 0. The molecule has 2 aromatic carbocycles. The standard InChI is InChI=1S/C14H9F4N3/c15-10-3-1-8(14(16,17)18)5-13(10)21-7-20-11-6-9(19)2-4-12(11)21/h1-7H,19H2. The van der Waals surface area contributed by atoms with E-state index in [1.54, 1.807) is 18.2 Å². The van der Waals surface area contributed by atoms with E-state index in [2.05, 4.69) is 4.98 Å². The summed E-state index contributed by atoms with van der Waals surface area (Å²) in [6, 6.07) is 6.98. The fraction of sp³-hybridized carbons (Fsp3) is 0.0714. The highest BCUT2D eigenvalue weighted by atomic mass is 19.4. The number of nitrogens with two attached hydrogens (primary N) is 1. The summed E-state index contributed by atoms with van der Waals surface area (Å²) in [5, 5.41) is 0. The van der Waals surface area contributed by atoms with Gasteiger partial charge in [-0.15, -0.1) is 0 Å². The van der Waals surface area contributed by atoms with Crippen molar-refractivity contribution in [1.82, 2.24) is 9.55 Å². The second kappa shape index (κ2) is 4.47. The highest BCUT2D eigenvalue weighted by Crippen LogP contribution is 2.32. The van der Waals surface area contributed by atoms with E-state index in [1.807, 2.05) is 0 Å². The number of imidazole rings is 1. The first-order chi connectivity index (χ1) is 9.86. The molecule has 0 bridgehead atoms. The van der Waals surface area contributed by atoms with Crippen LogP contribution in [0.4, 0.5) is 23.2 Å². The van der Waals surface area contributed by atoms with Gasteiger partial charge in [0, 0.05) is 5.69 Å². The van der Waals surface area contributed by atoms with Crippen LogP contribution in [0.3, 0.4) is 0 Å². The highest BCUT2D eigenvalue weighted by Gasteiger charge is 2.31. The number of alkyl halides is 3. The van der Waals surface area contributed by atoms with E-state index in [0.29, 0.717) is 22.8 Å². The number of nitrogens with zero attached hydrogens (tertiary/aromatic N) is 2. The van der Waals surface area contributed by atoms with E-state index < -0.39 is 17.6 Å². The number of fused-ring (bicyclic) bond motifs is 1. The Hall–Kier alpha value is -2.57. The average Bonchev–Trinajstić information content (AvgIpc) is 2.80. The molecule has 0 aliphatic heterocycles. The fourth-order valence-electron chi connectivity index (χ4n) is 2.10. The van der Waals surface area contributed by atoms with Gasteiger partial charge in [0.1, 0.15) is 12.1 Å². The van der Waals surface area contributed by atoms with Gasteiger partial charge in [-0.25, -0.2) is 9.37 Å². The minimum Gasteiger partial charge on any atom is -0.399 e. The summed E-state index contributed by atoms with van der Waals surface area (Å²) < 4.78 is 53.4. The Kier molecular flexibility index (Phi) is 2.86. The number of benzene rings is 2. The van der Waals surface area contributed by atoms with Crippen molar-refractivity contribution in [1.29, 1.82) is 0 Å². The monoisotopic (exact) mass is 295 g/mol. The van der Waals surface area contributed by atoms with Crippen molar-refractivity contribution in [3.8, 4) is 5.69 Å². The Labute approximate surface area is 116 Å². The summed E-state index contributed by atoms with van der Waals surface area (Å²) in [5.41, 5.74) is 5.90. The van der Waals surface area contributed by atoms with Gasteiger partial charge >= 0.3 is 6.18 Å². The molecular formula is C14H9F4N3. The lowest BCUT2D eigenvalue weighted by Gasteiger charge is -2.11. The maximum atomic E-state index is 13.9. The molecule has 108 valence electrons. The van der Waals surface area contributed by atoms with Gasteiger partial charge in [0.05, 0.1) is 22.3 Å². The second-order valence-corrected chi connectivity index (χ2v) is 4.53. The minimum absolute atomic E-state index is 0.211. The Bertz CT molecular complexity index is 821. The molecule has 0 saturated carbocycles. The summed E-state index contributed by atoms with van der Waals surface area (Å²) >= 11 is 0. The van der Waals surface area contributed by atoms with Crippen molar-refractivity contribution in [2.75, 3.05) is 5.73 Å². The zero-order valence-electron chi connectivity index (χ0n) is 10.5. The van der Waals surface area contributed by atoms with Gasteiger partial charge in [-0.1, -0.05) is 0 Å². The van der Waals surface area contributed by atoms with Crippen LogP contribution in [0.5, 0.6) is 0 Å². The molecule has 3 nitrogen and oxygen atoms in total. The molecule has 0 radical (unpaired) electrons. The molecule has 2 N–H and O–H groups in total. The van der Waals surface area contributed by atoms with Crippen LogP contribution in [-0.4, -0.2) is 9.55 Å². The molecule has 0 atom stereocenters. The summed E-state index contributed by atoms with van der Waals surface area (Å²) in [4.78, 5) is 4.02. The molecule has 0 fully saturated rings. The zero-order chi connectivity index (χ0) is 15.2. The minimum atomic E-state index is -4.54. The number of anilines is 1. The van der Waals surface area contributed by atoms with Crippen LogP contribution >= 0.6 is 0 Å². The first kappa shape index (κ1) is 13.4. The maximum Gasteiger partial charge on any atom is 0.416 e. The first-order valence-electron chi connectivity index (χ1n) is 5.96. The van der Waals surface area contributed by atoms with E-state index in [1.165, 1.54) is 10.9 Å². The second-order valence-electron chi connectivity index (χ2n) is 4.53. The van der Waals surface area contributed by atoms with E-state index in [0.717, 1.165) is 12.1 Å². The molecule has 0 unspecified atom stereocenters. The van der Waals surface area contributed by atoms with Crippen molar-refractivity contribution >= 4 is 16.7 Å². The maximum absolute atomic E-state index is 13.9. The molecule has 1 heterocycles. The van der Waals surface area contributed by atoms with Crippen LogP contribution in [0, 0.1) is 5.82 Å². The first-order valence-corrected chi connectivity index (χ1v) is 5.96. The van der Waals surface area contributed by atoms with E-state index in [9.17, 15) is 17.6 Å². The topological polar surface area (TPSA) is 43.8 Å². The molecule has 0 spiro atoms. The van der Waals surface area contributed by atoms with Gasteiger partial charge in [-0.3, -0.25) is 4.57 Å². The fourth-order valence-corrected chi connectivity index (χ4v) is 2.10. The number of aromatic nitrogens is 2. The largest absolute Gasteiger partial charge is 0.416 e. The zero-order valence-corrected chi connectivity index (χ0v) is 10.5. The number of hydrogen-bond donors (Lipinski definition) is 1. The van der Waals surface area contributed by atoms with E-state index in [-0.39, 0.29) is 5.69 Å². The number of hydrogen-bond acceptors (Lipinski definition) is 2. The van der Waals surface area contributed by atoms with E-state index in [4.69, 9.17) is 5.73 Å². The molecular weight excluding hydrogens is 286 g/mol. The summed E-state index contributed by atoms with van der Waals surface area (Å²) in [5.74, 6) is -0.765. The predicted octanol–water partition coefficient (Wildman–Crippen LogP) is 3.77. The van der Waals surface area contributed by atoms with Gasteiger partial charge in [-0.05, 0) is 36.4 Å². The van der Waals surface area contributed by atoms with Gasteiger partial charge in [0.25, 0.3) is 0 Å². The molecule has 1 aromatic heterocycles. The predicted molar refractivity (Wildman–Crippen MR) is 70.4 cm³/mol. The summed E-state index contributed by atoms with van der Waals surface area (Å²) in [6.07, 6.45) is -3.27. The Morgan fingerprint density at radius 2 is 1.81 bits per heavy atom. The lowest BCUT2D eigenvalue weighted by atomic mass is 10.1. The number of halogens is 4. The smallest absolute Gasteiger partial charge is 0.399 e. The third-order valence-corrected chi connectivity index (χ3v) is 3.10. The molecule has 0 aliphatic carbocycles. The average molecular weight is 295 g/mol. The number of rotatable bonds is 1. The van der Waals surface area contributed by atoms with Crippen LogP contribution in [0.25, 0.3) is 16.7 Å². The van der Waals surface area contributed by atoms with E-state index >= 15 is 0 Å². The Balaban J connectivity index is 2.23. The Morgan fingerprint density at radius 1 is 1.05 bits per heavy atom. The SMILES string of the molecule is Nc1ccc2c(c1)ncn2-c1cc(C(F)(F)F)ccc1F. The normalized spacial score (nSPS) is 12.0. The third-order valence-electron chi connectivity index (χ3n) is 3.10. The van der Waals surface area contributed by atoms with Gasteiger partial charge in [0.15, 0.2) is 0 Å². The van der Waals surface area contributed by atoms with Crippen LogP contribution in [0.2, 0.25) is 0 Å². The van der Waals surface area contributed by atoms with Crippen LogP contribution in [0.1, 0.15) is 5.56 Å². The van der Waals surface area contributed by atoms with Crippen LogP contribution in [-0.2, 0) is 6.18 Å². The molecule has 7 heteroatoms. The van der Waals surface area contributed by atoms with Crippen molar-refractivity contribution in [3.63, 3.8) is 0 Å². The lowest BCUT2D eigenvalue weighted by molar-refractivity contribution is -0.137. The summed E-state index contributed by atoms with van der Waals surface area (Å²) in [6.45, 7) is 0. The number of nitrogen functional groups attached to an aromatic ring is 1. The van der Waals surface area contributed by atoms with Crippen LogP contribution in [0.15, 0.2) is 42.7 Å². The van der Waals surface area contributed by atoms with Crippen molar-refractivity contribution in [2.24, 2.45) is 0 Å². The lowest BCUT2D eigenvalue weighted by Crippen LogP contribution is -2.07. The molecule has 3 aromatic rings. The van der Waals surface area contributed by atoms with Crippen molar-refractivity contribution in [3.05, 3.63) is 54.1 Å². The van der Waals surface area contributed by atoms with Gasteiger partial charge in [0.2, 0.25) is 0 Å². The molecule has 0 amide bonds. The van der Waals surface area contributed by atoms with Gasteiger partial charge in [-0.2, -0.15) is 13.2 Å². The quantitative estimate of drug-likeness (QED) is 0.548. The van der Waals surface area contributed by atoms with Crippen molar-refractivity contribution in [2.45, 2.75) is 6.18 Å². The Morgan fingerprint density at radius 3 is 2.52 bits per heavy atom. The van der Waals surface area contributed by atoms with Gasteiger partial charge < -0.3 is 5.73 Å². The van der Waals surface area contributed by atoms with Crippen molar-refractivity contribution < 1.29 is 17.6 Å². The van der Waals surface area contributed by atoms with Crippen LogP contribution < -0.4 is 5.73 Å². The molecule has 0 saturated heterocycles.